The van der Waals surface area contributed by atoms with Crippen LogP contribution in [-0.4, -0.2) is 15.6 Å². The second kappa shape index (κ2) is 6.67. The lowest BCUT2D eigenvalue weighted by molar-refractivity contribution is 0.0952. The Balaban J connectivity index is 1.81. The predicted molar refractivity (Wildman–Crippen MR) is 91.1 cm³/mol. The Morgan fingerprint density at radius 3 is 2.70 bits per heavy atom. The highest BCUT2D eigenvalue weighted by molar-refractivity contribution is 6.06. The van der Waals surface area contributed by atoms with E-state index in [2.05, 4.69) is 16.8 Å². The van der Waals surface area contributed by atoms with Gasteiger partial charge in [-0.2, -0.15) is 0 Å². The van der Waals surface area contributed by atoms with Gasteiger partial charge in [0.1, 0.15) is 0 Å². The zero-order valence-electron chi connectivity index (χ0n) is 13.1. The van der Waals surface area contributed by atoms with Crippen LogP contribution in [0.5, 0.6) is 0 Å². The van der Waals surface area contributed by atoms with E-state index < -0.39 is 0 Å². The van der Waals surface area contributed by atoms with Gasteiger partial charge in [0.15, 0.2) is 0 Å². The Morgan fingerprint density at radius 1 is 1.13 bits per heavy atom. The SMILES string of the molecule is CCn1cc(C(=O)NCc2cccc(CO)c2)c2ccccc21. The van der Waals surface area contributed by atoms with E-state index in [1.165, 1.54) is 0 Å². The zero-order chi connectivity index (χ0) is 16.2. The van der Waals surface area contributed by atoms with E-state index in [0.717, 1.165) is 28.6 Å². The van der Waals surface area contributed by atoms with Gasteiger partial charge >= 0.3 is 0 Å². The van der Waals surface area contributed by atoms with Crippen LogP contribution in [0.2, 0.25) is 0 Å². The molecule has 0 aliphatic rings. The highest BCUT2D eigenvalue weighted by Gasteiger charge is 2.13. The first kappa shape index (κ1) is 15.3. The average Bonchev–Trinajstić information content (AvgIpc) is 2.99. The molecule has 0 atom stereocenters. The van der Waals surface area contributed by atoms with Crippen LogP contribution in [0.25, 0.3) is 10.9 Å². The molecule has 0 bridgehead atoms. The maximum absolute atomic E-state index is 12.5. The number of aliphatic hydroxyl groups excluding tert-OH is 1. The van der Waals surface area contributed by atoms with E-state index in [9.17, 15) is 9.90 Å². The monoisotopic (exact) mass is 308 g/mol. The summed E-state index contributed by atoms with van der Waals surface area (Å²) in [6.07, 6.45) is 1.91. The van der Waals surface area contributed by atoms with Gasteiger partial charge in [-0.05, 0) is 24.1 Å². The number of aromatic nitrogens is 1. The van der Waals surface area contributed by atoms with Crippen LogP contribution >= 0.6 is 0 Å². The van der Waals surface area contributed by atoms with Gasteiger partial charge in [0, 0.05) is 30.2 Å². The number of hydrogen-bond acceptors (Lipinski definition) is 2. The quantitative estimate of drug-likeness (QED) is 0.761. The molecular formula is C19H20N2O2. The van der Waals surface area contributed by atoms with Crippen LogP contribution in [0.3, 0.4) is 0 Å². The topological polar surface area (TPSA) is 54.3 Å². The van der Waals surface area contributed by atoms with Gasteiger partial charge in [-0.15, -0.1) is 0 Å². The molecule has 1 heterocycles. The first-order valence-corrected chi connectivity index (χ1v) is 7.77. The summed E-state index contributed by atoms with van der Waals surface area (Å²) in [4.78, 5) is 12.5. The number of fused-ring (bicyclic) bond motifs is 1. The molecule has 0 saturated heterocycles. The van der Waals surface area contributed by atoms with Crippen LogP contribution in [0.15, 0.2) is 54.7 Å². The maximum atomic E-state index is 12.5. The molecule has 4 nitrogen and oxygen atoms in total. The fraction of sp³-hybridized carbons (Fsp3) is 0.211. The second-order valence-electron chi connectivity index (χ2n) is 5.51. The molecule has 2 aromatic carbocycles. The molecule has 23 heavy (non-hydrogen) atoms. The molecule has 1 amide bonds. The molecular weight excluding hydrogens is 288 g/mol. The molecule has 0 saturated carbocycles. The lowest BCUT2D eigenvalue weighted by Gasteiger charge is -2.06. The number of nitrogens with one attached hydrogen (secondary N) is 1. The first-order chi connectivity index (χ1) is 11.2. The number of aryl methyl sites for hydroxylation is 1. The molecule has 0 unspecified atom stereocenters. The largest absolute Gasteiger partial charge is 0.392 e. The molecule has 0 radical (unpaired) electrons. The third-order valence-electron chi connectivity index (χ3n) is 4.00. The summed E-state index contributed by atoms with van der Waals surface area (Å²) in [5.41, 5.74) is 3.59. The van der Waals surface area contributed by atoms with Crippen molar-refractivity contribution >= 4 is 16.8 Å². The van der Waals surface area contributed by atoms with Crippen molar-refractivity contribution in [1.29, 1.82) is 0 Å². The van der Waals surface area contributed by atoms with Gasteiger partial charge in [-0.1, -0.05) is 42.5 Å². The van der Waals surface area contributed by atoms with Crippen molar-refractivity contribution in [2.24, 2.45) is 0 Å². The summed E-state index contributed by atoms with van der Waals surface area (Å²) < 4.78 is 2.08. The Kier molecular flexibility index (Phi) is 4.44. The number of carbonyl (C=O) groups excluding carboxylic acids is 1. The minimum absolute atomic E-state index is 0.00573. The van der Waals surface area contributed by atoms with Gasteiger partial charge in [0.05, 0.1) is 12.2 Å². The maximum Gasteiger partial charge on any atom is 0.253 e. The fourth-order valence-electron chi connectivity index (χ4n) is 2.80. The van der Waals surface area contributed by atoms with Crippen molar-refractivity contribution in [2.75, 3.05) is 0 Å². The van der Waals surface area contributed by atoms with Crippen molar-refractivity contribution in [1.82, 2.24) is 9.88 Å². The molecule has 1 aromatic heterocycles. The highest BCUT2D eigenvalue weighted by atomic mass is 16.3. The zero-order valence-corrected chi connectivity index (χ0v) is 13.1. The molecule has 3 aromatic rings. The number of rotatable bonds is 5. The number of nitrogens with zero attached hydrogens (tertiary/aromatic N) is 1. The highest BCUT2D eigenvalue weighted by Crippen LogP contribution is 2.21. The molecule has 2 N–H and O–H groups in total. The van der Waals surface area contributed by atoms with Crippen LogP contribution in [0.4, 0.5) is 0 Å². The molecule has 118 valence electrons. The van der Waals surface area contributed by atoms with Crippen LogP contribution in [-0.2, 0) is 19.7 Å². The molecule has 0 fully saturated rings. The van der Waals surface area contributed by atoms with Gasteiger partial charge < -0.3 is 15.0 Å². The van der Waals surface area contributed by atoms with E-state index >= 15 is 0 Å². The minimum Gasteiger partial charge on any atom is -0.392 e. The number of amides is 1. The Labute approximate surface area is 135 Å². The van der Waals surface area contributed by atoms with E-state index in [1.807, 2.05) is 54.7 Å². The number of para-hydroxylation sites is 1. The van der Waals surface area contributed by atoms with E-state index in [-0.39, 0.29) is 12.5 Å². The normalized spacial score (nSPS) is 10.9. The minimum atomic E-state index is -0.0807. The van der Waals surface area contributed by atoms with E-state index in [4.69, 9.17) is 0 Å². The summed E-state index contributed by atoms with van der Waals surface area (Å²) in [6.45, 7) is 3.34. The van der Waals surface area contributed by atoms with Gasteiger partial charge in [0.25, 0.3) is 5.91 Å². The summed E-state index contributed by atoms with van der Waals surface area (Å²) in [7, 11) is 0. The van der Waals surface area contributed by atoms with Crippen molar-refractivity contribution < 1.29 is 9.90 Å². The van der Waals surface area contributed by atoms with Crippen LogP contribution in [0.1, 0.15) is 28.4 Å². The summed E-state index contributed by atoms with van der Waals surface area (Å²) in [6, 6.07) is 15.5. The average molecular weight is 308 g/mol. The molecule has 3 rings (SSSR count). The predicted octanol–water partition coefficient (Wildman–Crippen LogP) is 3.08. The van der Waals surface area contributed by atoms with Crippen molar-refractivity contribution in [3.8, 4) is 0 Å². The van der Waals surface area contributed by atoms with E-state index in [1.54, 1.807) is 0 Å². The third-order valence-corrected chi connectivity index (χ3v) is 4.00. The lowest BCUT2D eigenvalue weighted by Crippen LogP contribution is -2.22. The van der Waals surface area contributed by atoms with Gasteiger partial charge in [-0.25, -0.2) is 0 Å². The van der Waals surface area contributed by atoms with Crippen LogP contribution in [0, 0.1) is 0 Å². The van der Waals surface area contributed by atoms with Gasteiger partial charge in [-0.3, -0.25) is 4.79 Å². The van der Waals surface area contributed by atoms with E-state index in [0.29, 0.717) is 12.1 Å². The molecule has 4 heteroatoms. The first-order valence-electron chi connectivity index (χ1n) is 7.77. The summed E-state index contributed by atoms with van der Waals surface area (Å²) >= 11 is 0. The van der Waals surface area contributed by atoms with Gasteiger partial charge in [0.2, 0.25) is 0 Å². The Morgan fingerprint density at radius 2 is 1.91 bits per heavy atom. The van der Waals surface area contributed by atoms with Crippen molar-refractivity contribution in [3.05, 3.63) is 71.4 Å². The fourth-order valence-corrected chi connectivity index (χ4v) is 2.80. The molecule has 0 aliphatic heterocycles. The second-order valence-corrected chi connectivity index (χ2v) is 5.51. The summed E-state index contributed by atoms with van der Waals surface area (Å²) in [5.74, 6) is -0.0807. The molecule has 0 aliphatic carbocycles. The van der Waals surface area contributed by atoms with Crippen LogP contribution < -0.4 is 5.32 Å². The number of carbonyl (C=O) groups is 1. The standard InChI is InChI=1S/C19H20N2O2/c1-2-21-12-17(16-8-3-4-9-18(16)21)19(23)20-11-14-6-5-7-15(10-14)13-22/h3-10,12,22H,2,11,13H2,1H3,(H,20,23). The number of benzene rings is 2. The van der Waals surface area contributed by atoms with Crippen molar-refractivity contribution in [3.63, 3.8) is 0 Å². The smallest absolute Gasteiger partial charge is 0.253 e. The Bertz CT molecular complexity index is 836. The third kappa shape index (κ3) is 3.12. The summed E-state index contributed by atoms with van der Waals surface area (Å²) in [5, 5.41) is 13.1. The number of aliphatic hydroxyl groups is 1. The Hall–Kier alpha value is -2.59. The number of hydrogen-bond donors (Lipinski definition) is 2. The molecule has 0 spiro atoms. The van der Waals surface area contributed by atoms with Crippen molar-refractivity contribution in [2.45, 2.75) is 26.6 Å². The lowest BCUT2D eigenvalue weighted by atomic mass is 10.1.